The molecule has 0 radical (unpaired) electrons. The number of carbonyl (C=O) groups is 2. The van der Waals surface area contributed by atoms with E-state index in [9.17, 15) is 9.59 Å². The lowest BCUT2D eigenvalue weighted by Gasteiger charge is -2.44. The average Bonchev–Trinajstić information content (AvgIpc) is 2.82. The van der Waals surface area contributed by atoms with Gasteiger partial charge in [0.15, 0.2) is 0 Å². The molecule has 5 nitrogen and oxygen atoms in total. The summed E-state index contributed by atoms with van der Waals surface area (Å²) in [6.45, 7) is 5.30. The van der Waals surface area contributed by atoms with Crippen LogP contribution in [0.3, 0.4) is 0 Å². The summed E-state index contributed by atoms with van der Waals surface area (Å²) in [5.41, 5.74) is 0.302. The van der Waals surface area contributed by atoms with Crippen molar-refractivity contribution >= 4 is 11.8 Å². The Bertz CT molecular complexity index is 396. The number of piperidine rings is 2. The van der Waals surface area contributed by atoms with Crippen LogP contribution >= 0.6 is 0 Å². The third kappa shape index (κ3) is 3.80. The van der Waals surface area contributed by atoms with Crippen molar-refractivity contribution < 1.29 is 9.59 Å². The van der Waals surface area contributed by atoms with Crippen molar-refractivity contribution in [1.29, 1.82) is 0 Å². The summed E-state index contributed by atoms with van der Waals surface area (Å²) in [6, 6.07) is 0. The van der Waals surface area contributed by atoms with Gasteiger partial charge in [-0.05, 0) is 50.6 Å². The van der Waals surface area contributed by atoms with E-state index in [0.717, 1.165) is 64.8 Å². The zero-order valence-electron chi connectivity index (χ0n) is 13.6. The number of carbonyl (C=O) groups excluding carboxylic acids is 2. The Hall–Kier alpha value is -1.10. The van der Waals surface area contributed by atoms with Crippen LogP contribution in [0.1, 0.15) is 51.4 Å². The Balaban J connectivity index is 1.45. The fourth-order valence-corrected chi connectivity index (χ4v) is 4.07. The van der Waals surface area contributed by atoms with E-state index in [0.29, 0.717) is 24.3 Å². The number of hydrogen-bond acceptors (Lipinski definition) is 3. The summed E-state index contributed by atoms with van der Waals surface area (Å²) in [6.07, 6.45) is 8.77. The highest BCUT2D eigenvalue weighted by Gasteiger charge is 2.38. The van der Waals surface area contributed by atoms with Crippen molar-refractivity contribution in [3.63, 3.8) is 0 Å². The predicted molar refractivity (Wildman–Crippen MR) is 85.4 cm³/mol. The molecule has 0 aromatic carbocycles. The van der Waals surface area contributed by atoms with Gasteiger partial charge in [0.05, 0.1) is 6.54 Å². The highest BCUT2D eigenvalue weighted by atomic mass is 16.2. The van der Waals surface area contributed by atoms with Crippen molar-refractivity contribution in [3.8, 4) is 0 Å². The Labute approximate surface area is 133 Å². The Kier molecular flexibility index (Phi) is 5.01. The molecule has 3 rings (SSSR count). The molecule has 3 aliphatic heterocycles. The second-order valence-corrected chi connectivity index (χ2v) is 7.35. The lowest BCUT2D eigenvalue weighted by Crippen LogP contribution is -2.51. The molecule has 0 atom stereocenters. The minimum absolute atomic E-state index is 0.199. The first-order chi connectivity index (χ1) is 10.7. The Morgan fingerprint density at radius 1 is 1.00 bits per heavy atom. The van der Waals surface area contributed by atoms with Crippen LogP contribution in [0.25, 0.3) is 0 Å². The summed E-state index contributed by atoms with van der Waals surface area (Å²) < 4.78 is 0. The van der Waals surface area contributed by atoms with Crippen LogP contribution < -0.4 is 5.32 Å². The van der Waals surface area contributed by atoms with E-state index < -0.39 is 0 Å². The molecule has 22 heavy (non-hydrogen) atoms. The quantitative estimate of drug-likeness (QED) is 0.838. The molecule has 3 aliphatic rings. The number of rotatable bonds is 2. The molecule has 1 N–H and O–H groups in total. The zero-order valence-corrected chi connectivity index (χ0v) is 13.6. The topological polar surface area (TPSA) is 52.7 Å². The Morgan fingerprint density at radius 3 is 2.27 bits per heavy atom. The molecule has 0 saturated carbocycles. The molecular weight excluding hydrogens is 278 g/mol. The van der Waals surface area contributed by atoms with Gasteiger partial charge in [0.25, 0.3) is 0 Å². The third-order valence-electron chi connectivity index (χ3n) is 5.78. The largest absolute Gasteiger partial charge is 0.356 e. The lowest BCUT2D eigenvalue weighted by atomic mass is 9.73. The first-order valence-electron chi connectivity index (χ1n) is 8.94. The highest BCUT2D eigenvalue weighted by Crippen LogP contribution is 2.37. The van der Waals surface area contributed by atoms with Crippen molar-refractivity contribution in [1.82, 2.24) is 15.1 Å². The summed E-state index contributed by atoms with van der Waals surface area (Å²) in [5, 5.41) is 3.02. The monoisotopic (exact) mass is 307 g/mol. The second-order valence-electron chi connectivity index (χ2n) is 7.35. The molecule has 3 saturated heterocycles. The molecule has 0 aliphatic carbocycles. The maximum Gasteiger partial charge on any atom is 0.236 e. The molecule has 2 amide bonds. The molecule has 3 heterocycles. The number of amides is 2. The van der Waals surface area contributed by atoms with Crippen LogP contribution in [-0.2, 0) is 9.59 Å². The van der Waals surface area contributed by atoms with Crippen LogP contribution in [0, 0.1) is 5.41 Å². The van der Waals surface area contributed by atoms with Crippen molar-refractivity contribution in [2.75, 3.05) is 39.3 Å². The second kappa shape index (κ2) is 6.99. The first-order valence-corrected chi connectivity index (χ1v) is 8.94. The molecule has 0 unspecified atom stereocenters. The molecule has 124 valence electrons. The van der Waals surface area contributed by atoms with E-state index in [1.165, 1.54) is 12.8 Å². The van der Waals surface area contributed by atoms with E-state index in [-0.39, 0.29) is 5.91 Å². The van der Waals surface area contributed by atoms with Gasteiger partial charge >= 0.3 is 0 Å². The van der Waals surface area contributed by atoms with Gasteiger partial charge in [-0.15, -0.1) is 0 Å². The third-order valence-corrected chi connectivity index (χ3v) is 5.78. The number of nitrogens with one attached hydrogen (secondary N) is 1. The van der Waals surface area contributed by atoms with E-state index >= 15 is 0 Å². The van der Waals surface area contributed by atoms with Crippen molar-refractivity contribution in [2.45, 2.75) is 51.4 Å². The van der Waals surface area contributed by atoms with Crippen LogP contribution in [0.15, 0.2) is 0 Å². The standard InChI is InChI=1S/C17H29N3O2/c21-15-5-6-17(14-18-15)7-11-19(12-8-17)13-16(22)20-9-3-1-2-4-10-20/h1-14H2,(H,18,21). The van der Waals surface area contributed by atoms with Gasteiger partial charge in [-0.3, -0.25) is 14.5 Å². The fraction of sp³-hybridized carbons (Fsp3) is 0.882. The summed E-state index contributed by atoms with van der Waals surface area (Å²) in [7, 11) is 0. The van der Waals surface area contributed by atoms with Crippen LogP contribution in [0.4, 0.5) is 0 Å². The van der Waals surface area contributed by atoms with Gasteiger partial charge in [0, 0.05) is 26.1 Å². The lowest BCUT2D eigenvalue weighted by molar-refractivity contribution is -0.133. The molecule has 1 spiro atoms. The normalized spacial score (nSPS) is 26.5. The fourth-order valence-electron chi connectivity index (χ4n) is 4.07. The summed E-state index contributed by atoms with van der Waals surface area (Å²) in [4.78, 5) is 28.2. The summed E-state index contributed by atoms with van der Waals surface area (Å²) in [5.74, 6) is 0.513. The average molecular weight is 307 g/mol. The minimum Gasteiger partial charge on any atom is -0.356 e. The molecule has 3 fully saturated rings. The summed E-state index contributed by atoms with van der Waals surface area (Å²) >= 11 is 0. The smallest absolute Gasteiger partial charge is 0.236 e. The van der Waals surface area contributed by atoms with Crippen molar-refractivity contribution in [2.24, 2.45) is 5.41 Å². The van der Waals surface area contributed by atoms with E-state index in [1.54, 1.807) is 0 Å². The van der Waals surface area contributed by atoms with Gasteiger partial charge in [-0.2, -0.15) is 0 Å². The number of hydrogen-bond donors (Lipinski definition) is 1. The number of likely N-dealkylation sites (tertiary alicyclic amines) is 2. The first kappa shape index (κ1) is 15.8. The maximum absolute atomic E-state index is 12.5. The Morgan fingerprint density at radius 2 is 1.68 bits per heavy atom. The minimum atomic E-state index is 0.199. The van der Waals surface area contributed by atoms with Crippen LogP contribution in [0.5, 0.6) is 0 Å². The van der Waals surface area contributed by atoms with Gasteiger partial charge in [-0.1, -0.05) is 12.8 Å². The van der Waals surface area contributed by atoms with E-state index in [4.69, 9.17) is 0 Å². The zero-order chi connectivity index (χ0) is 15.4. The molecular formula is C17H29N3O2. The van der Waals surface area contributed by atoms with Gasteiger partial charge < -0.3 is 10.2 Å². The van der Waals surface area contributed by atoms with Crippen LogP contribution in [0.2, 0.25) is 0 Å². The van der Waals surface area contributed by atoms with E-state index in [1.807, 2.05) is 0 Å². The molecule has 5 heteroatoms. The predicted octanol–water partition coefficient (Wildman–Crippen LogP) is 1.38. The molecule has 0 aromatic heterocycles. The van der Waals surface area contributed by atoms with Gasteiger partial charge in [-0.25, -0.2) is 0 Å². The number of nitrogens with zero attached hydrogens (tertiary/aromatic N) is 2. The van der Waals surface area contributed by atoms with Crippen molar-refractivity contribution in [3.05, 3.63) is 0 Å². The highest BCUT2D eigenvalue weighted by molar-refractivity contribution is 5.78. The van der Waals surface area contributed by atoms with Crippen LogP contribution in [-0.4, -0.2) is 60.9 Å². The molecule has 0 bridgehead atoms. The SMILES string of the molecule is O=C1CCC2(CCN(CC(=O)N3CCCCCC3)CC2)CN1. The molecule has 0 aromatic rings. The maximum atomic E-state index is 12.5. The van der Waals surface area contributed by atoms with Gasteiger partial charge in [0.1, 0.15) is 0 Å². The van der Waals surface area contributed by atoms with E-state index in [2.05, 4.69) is 15.1 Å². The van der Waals surface area contributed by atoms with Gasteiger partial charge in [0.2, 0.25) is 11.8 Å².